The number of aryl methyl sites for hydroxylation is 2. The van der Waals surface area contributed by atoms with Gasteiger partial charge in [-0.2, -0.15) is 0 Å². The van der Waals surface area contributed by atoms with Crippen molar-refractivity contribution in [1.29, 1.82) is 0 Å². The number of nitrogens with zero attached hydrogens (tertiary/aromatic N) is 5. The number of fused-ring (bicyclic) bond motifs is 1. The van der Waals surface area contributed by atoms with Crippen LogP contribution in [-0.2, 0) is 17.8 Å². The van der Waals surface area contributed by atoms with Crippen molar-refractivity contribution in [2.24, 2.45) is 0 Å². The zero-order chi connectivity index (χ0) is 21.4. The highest BCUT2D eigenvalue weighted by atomic mass is 32.1. The Morgan fingerprint density at radius 3 is 2.60 bits per heavy atom. The van der Waals surface area contributed by atoms with Gasteiger partial charge in [0.15, 0.2) is 5.82 Å². The van der Waals surface area contributed by atoms with Gasteiger partial charge in [0.05, 0.1) is 29.0 Å². The van der Waals surface area contributed by atoms with E-state index in [9.17, 15) is 9.59 Å². The maximum absolute atomic E-state index is 13.4. The van der Waals surface area contributed by atoms with Crippen LogP contribution in [0, 0.1) is 13.8 Å². The summed E-state index contributed by atoms with van der Waals surface area (Å²) in [6.07, 6.45) is 3.58. The average Bonchev–Trinajstić information content (AvgIpc) is 3.09. The fraction of sp³-hybridized carbons (Fsp3) is 0.571. The molecule has 1 atom stereocenters. The fourth-order valence-corrected chi connectivity index (χ4v) is 5.24. The summed E-state index contributed by atoms with van der Waals surface area (Å²) in [5.74, 6) is 1.54. The molecule has 2 aliphatic rings. The number of carbonyl (C=O) groups excluding carboxylic acids is 2. The number of likely N-dealkylation sites (tertiary alicyclic amines) is 1. The van der Waals surface area contributed by atoms with E-state index in [0.29, 0.717) is 36.8 Å². The summed E-state index contributed by atoms with van der Waals surface area (Å²) in [6.45, 7) is 7.30. The first kappa shape index (κ1) is 20.7. The predicted molar refractivity (Wildman–Crippen MR) is 116 cm³/mol. The third-order valence-electron chi connectivity index (χ3n) is 5.92. The molecule has 2 aromatic heterocycles. The molecule has 0 saturated carbocycles. The Bertz CT molecular complexity index is 971. The van der Waals surface area contributed by atoms with E-state index >= 15 is 0 Å². The fourth-order valence-electron chi connectivity index (χ4n) is 4.36. The van der Waals surface area contributed by atoms with E-state index < -0.39 is 0 Å². The van der Waals surface area contributed by atoms with Gasteiger partial charge < -0.3 is 15.1 Å². The molecular weight excluding hydrogens is 400 g/mol. The van der Waals surface area contributed by atoms with Gasteiger partial charge in [-0.1, -0.05) is 0 Å². The maximum atomic E-state index is 13.4. The van der Waals surface area contributed by atoms with Crippen LogP contribution in [0.25, 0.3) is 0 Å². The summed E-state index contributed by atoms with van der Waals surface area (Å²) < 4.78 is 0. The molecule has 160 valence electrons. The number of nitrogens with one attached hydrogen (secondary N) is 1. The molecule has 1 saturated heterocycles. The molecule has 0 aromatic carbocycles. The number of anilines is 1. The van der Waals surface area contributed by atoms with E-state index in [1.54, 1.807) is 6.92 Å². The average molecular weight is 429 g/mol. The van der Waals surface area contributed by atoms with Crippen molar-refractivity contribution in [2.45, 2.75) is 59.0 Å². The first-order chi connectivity index (χ1) is 14.4. The van der Waals surface area contributed by atoms with Crippen molar-refractivity contribution in [3.63, 3.8) is 0 Å². The smallest absolute Gasteiger partial charge is 0.266 e. The van der Waals surface area contributed by atoms with Crippen LogP contribution in [-0.4, -0.2) is 56.7 Å². The first-order valence-electron chi connectivity index (χ1n) is 10.5. The molecule has 0 radical (unpaired) electrons. The summed E-state index contributed by atoms with van der Waals surface area (Å²) >= 11 is 1.45. The van der Waals surface area contributed by atoms with Gasteiger partial charge in [-0.05, 0) is 33.1 Å². The van der Waals surface area contributed by atoms with Gasteiger partial charge in [-0.3, -0.25) is 9.59 Å². The number of piperidine rings is 1. The molecule has 2 aliphatic heterocycles. The third-order valence-corrected chi connectivity index (χ3v) is 6.98. The number of hydrogen-bond acceptors (Lipinski definition) is 7. The Kier molecular flexibility index (Phi) is 5.73. The molecule has 4 rings (SSSR count). The molecule has 2 amide bonds. The quantitative estimate of drug-likeness (QED) is 0.808. The topological polar surface area (TPSA) is 91.3 Å². The van der Waals surface area contributed by atoms with Gasteiger partial charge >= 0.3 is 0 Å². The molecule has 0 aliphatic carbocycles. The van der Waals surface area contributed by atoms with Crippen LogP contribution in [0.2, 0.25) is 0 Å². The van der Waals surface area contributed by atoms with Crippen LogP contribution >= 0.6 is 11.3 Å². The third kappa shape index (κ3) is 3.78. The Morgan fingerprint density at radius 2 is 1.93 bits per heavy atom. The molecule has 2 aromatic rings. The summed E-state index contributed by atoms with van der Waals surface area (Å²) in [6, 6.07) is -0.142. The highest BCUT2D eigenvalue weighted by Crippen LogP contribution is 2.34. The highest BCUT2D eigenvalue weighted by Gasteiger charge is 2.34. The van der Waals surface area contributed by atoms with E-state index in [1.165, 1.54) is 11.3 Å². The van der Waals surface area contributed by atoms with Gasteiger partial charge in [0.2, 0.25) is 5.91 Å². The van der Waals surface area contributed by atoms with Crippen LogP contribution < -0.4 is 5.32 Å². The highest BCUT2D eigenvalue weighted by molar-refractivity contribution is 7.13. The molecule has 8 nitrogen and oxygen atoms in total. The lowest BCUT2D eigenvalue weighted by Gasteiger charge is -2.36. The summed E-state index contributed by atoms with van der Waals surface area (Å²) in [4.78, 5) is 43.8. The minimum absolute atomic E-state index is 0.0258. The number of amides is 2. The van der Waals surface area contributed by atoms with E-state index in [2.05, 4.69) is 10.3 Å². The summed E-state index contributed by atoms with van der Waals surface area (Å²) in [5.41, 5.74) is 2.74. The zero-order valence-electron chi connectivity index (χ0n) is 18.0. The lowest BCUT2D eigenvalue weighted by molar-refractivity contribution is -0.129. The molecule has 4 heterocycles. The van der Waals surface area contributed by atoms with Crippen LogP contribution in [0.4, 0.5) is 5.82 Å². The molecule has 30 heavy (non-hydrogen) atoms. The van der Waals surface area contributed by atoms with Crippen LogP contribution in [0.15, 0.2) is 0 Å². The Balaban J connectivity index is 1.68. The Hall–Kier alpha value is -2.55. The van der Waals surface area contributed by atoms with Crippen molar-refractivity contribution >= 4 is 29.0 Å². The lowest BCUT2D eigenvalue weighted by Crippen LogP contribution is -2.40. The van der Waals surface area contributed by atoms with Crippen LogP contribution in [0.3, 0.4) is 0 Å². The van der Waals surface area contributed by atoms with E-state index in [0.717, 1.165) is 47.0 Å². The normalized spacial score (nSPS) is 18.9. The van der Waals surface area contributed by atoms with E-state index in [-0.39, 0.29) is 17.9 Å². The van der Waals surface area contributed by atoms with Crippen molar-refractivity contribution in [1.82, 2.24) is 24.8 Å². The standard InChI is InChI=1S/C21H28N6O2S/c1-12-18(30-13(2)23-12)21(29)27-9-6-5-7-17(27)20-24-16-8-10-26(14(3)28)11-15(16)19(22-4)25-20/h17H,5-11H2,1-4H3,(H,22,24,25). The predicted octanol–water partition coefficient (Wildman–Crippen LogP) is 2.86. The van der Waals surface area contributed by atoms with Crippen molar-refractivity contribution in [3.8, 4) is 0 Å². The number of rotatable bonds is 3. The number of hydrogen-bond donors (Lipinski definition) is 1. The Morgan fingerprint density at radius 1 is 1.13 bits per heavy atom. The van der Waals surface area contributed by atoms with Crippen LogP contribution in [0.5, 0.6) is 0 Å². The van der Waals surface area contributed by atoms with E-state index in [1.807, 2.05) is 30.7 Å². The second-order valence-corrected chi connectivity index (χ2v) is 9.16. The monoisotopic (exact) mass is 428 g/mol. The van der Waals surface area contributed by atoms with Crippen LogP contribution in [0.1, 0.15) is 69.7 Å². The van der Waals surface area contributed by atoms with Crippen molar-refractivity contribution in [2.75, 3.05) is 25.5 Å². The molecule has 1 fully saturated rings. The van der Waals surface area contributed by atoms with Gasteiger partial charge in [-0.15, -0.1) is 11.3 Å². The minimum Gasteiger partial charge on any atom is -0.373 e. The lowest BCUT2D eigenvalue weighted by atomic mass is 9.99. The molecule has 9 heteroatoms. The van der Waals surface area contributed by atoms with Crippen molar-refractivity contribution < 1.29 is 9.59 Å². The van der Waals surface area contributed by atoms with E-state index in [4.69, 9.17) is 9.97 Å². The number of aromatic nitrogens is 3. The first-order valence-corrected chi connectivity index (χ1v) is 11.3. The summed E-state index contributed by atoms with van der Waals surface area (Å²) in [5, 5.41) is 4.09. The molecule has 1 unspecified atom stereocenters. The molecular formula is C21H28N6O2S. The molecule has 0 bridgehead atoms. The minimum atomic E-state index is -0.142. The second-order valence-electron chi connectivity index (χ2n) is 7.95. The second kappa shape index (κ2) is 8.29. The number of thiazole rings is 1. The maximum Gasteiger partial charge on any atom is 0.266 e. The Labute approximate surface area is 180 Å². The van der Waals surface area contributed by atoms with Gasteiger partial charge in [0.25, 0.3) is 5.91 Å². The van der Waals surface area contributed by atoms with Gasteiger partial charge in [-0.25, -0.2) is 15.0 Å². The van der Waals surface area contributed by atoms with Crippen molar-refractivity contribution in [3.05, 3.63) is 32.7 Å². The molecule has 1 N–H and O–H groups in total. The largest absolute Gasteiger partial charge is 0.373 e. The summed E-state index contributed by atoms with van der Waals surface area (Å²) in [7, 11) is 1.84. The van der Waals surface area contributed by atoms with Gasteiger partial charge in [0, 0.05) is 39.0 Å². The zero-order valence-corrected chi connectivity index (χ0v) is 18.8. The SMILES string of the molecule is CNc1nc(C2CCCCN2C(=O)c2sc(C)nc2C)nc2c1CN(C(C)=O)CC2. The number of carbonyl (C=O) groups is 2. The molecule has 0 spiro atoms. The van der Waals surface area contributed by atoms with Gasteiger partial charge in [0.1, 0.15) is 10.7 Å².